The number of rotatable bonds is 3. The third kappa shape index (κ3) is 2.68. The predicted octanol–water partition coefficient (Wildman–Crippen LogP) is 3.66. The molecule has 1 aliphatic heterocycles. The molecule has 2 heteroatoms. The number of Topliss-reactive ketones (excluding diaryl/α,β-unsaturated/α-hetero) is 1. The van der Waals surface area contributed by atoms with Crippen LogP contribution in [-0.4, -0.2) is 18.4 Å². The van der Waals surface area contributed by atoms with Gasteiger partial charge in [-0.3, -0.25) is 4.79 Å². The van der Waals surface area contributed by atoms with Gasteiger partial charge in [0.2, 0.25) is 0 Å². The van der Waals surface area contributed by atoms with Gasteiger partial charge in [-0.25, -0.2) is 0 Å². The number of carbonyl (C=O) groups is 1. The minimum absolute atomic E-state index is 0.141. The molecule has 0 saturated carbocycles. The molecule has 0 bridgehead atoms. The molecule has 92 valence electrons. The lowest BCUT2D eigenvalue weighted by Crippen LogP contribution is -2.39. The van der Waals surface area contributed by atoms with Crippen molar-refractivity contribution in [3.63, 3.8) is 0 Å². The van der Waals surface area contributed by atoms with Crippen LogP contribution in [0, 0.1) is 0 Å². The highest BCUT2D eigenvalue weighted by molar-refractivity contribution is 5.94. The highest BCUT2D eigenvalue weighted by Crippen LogP contribution is 2.26. The highest BCUT2D eigenvalue weighted by atomic mass is 16.1. The summed E-state index contributed by atoms with van der Waals surface area (Å²) in [5, 5.41) is 0. The van der Waals surface area contributed by atoms with Crippen LogP contribution in [0.2, 0.25) is 0 Å². The molecule has 1 unspecified atom stereocenters. The SMILES string of the molecule is CCC1CCCCN1c1ccc(C(C)=O)cc1. The van der Waals surface area contributed by atoms with Crippen LogP contribution in [0.3, 0.4) is 0 Å². The van der Waals surface area contributed by atoms with Gasteiger partial charge >= 0.3 is 0 Å². The number of nitrogens with zero attached hydrogens (tertiary/aromatic N) is 1. The van der Waals surface area contributed by atoms with Gasteiger partial charge in [0.05, 0.1) is 0 Å². The second kappa shape index (κ2) is 5.35. The van der Waals surface area contributed by atoms with Crippen LogP contribution in [0.4, 0.5) is 5.69 Å². The molecule has 0 aliphatic carbocycles. The molecule has 0 radical (unpaired) electrons. The van der Waals surface area contributed by atoms with E-state index in [0.29, 0.717) is 6.04 Å². The monoisotopic (exact) mass is 231 g/mol. The highest BCUT2D eigenvalue weighted by Gasteiger charge is 2.20. The molecule has 0 aromatic heterocycles. The summed E-state index contributed by atoms with van der Waals surface area (Å²) in [6.07, 6.45) is 5.13. The zero-order chi connectivity index (χ0) is 12.3. The van der Waals surface area contributed by atoms with Crippen molar-refractivity contribution >= 4 is 11.5 Å². The van der Waals surface area contributed by atoms with Crippen LogP contribution in [-0.2, 0) is 0 Å². The van der Waals surface area contributed by atoms with Gasteiger partial charge in [-0.2, -0.15) is 0 Å². The molecule has 0 N–H and O–H groups in total. The Kier molecular flexibility index (Phi) is 3.82. The van der Waals surface area contributed by atoms with Crippen LogP contribution in [0.25, 0.3) is 0 Å². The minimum atomic E-state index is 0.141. The maximum absolute atomic E-state index is 11.2. The number of piperidine rings is 1. The summed E-state index contributed by atoms with van der Waals surface area (Å²) in [6, 6.07) is 8.74. The molecular weight excluding hydrogens is 210 g/mol. The van der Waals surface area contributed by atoms with Gasteiger partial charge in [0.25, 0.3) is 0 Å². The first-order valence-electron chi connectivity index (χ1n) is 6.60. The van der Waals surface area contributed by atoms with E-state index in [-0.39, 0.29) is 5.78 Å². The van der Waals surface area contributed by atoms with Gasteiger partial charge in [-0.15, -0.1) is 0 Å². The maximum atomic E-state index is 11.2. The number of hydrogen-bond acceptors (Lipinski definition) is 2. The number of benzene rings is 1. The van der Waals surface area contributed by atoms with Crippen molar-refractivity contribution in [2.24, 2.45) is 0 Å². The van der Waals surface area contributed by atoms with Crippen LogP contribution >= 0.6 is 0 Å². The lowest BCUT2D eigenvalue weighted by Gasteiger charge is -2.37. The van der Waals surface area contributed by atoms with Gasteiger partial charge in [-0.1, -0.05) is 6.92 Å². The summed E-state index contributed by atoms with van der Waals surface area (Å²) in [5.74, 6) is 0.141. The first-order chi connectivity index (χ1) is 8.22. The first kappa shape index (κ1) is 12.2. The Morgan fingerprint density at radius 2 is 2.00 bits per heavy atom. The van der Waals surface area contributed by atoms with Crippen LogP contribution in [0.5, 0.6) is 0 Å². The van der Waals surface area contributed by atoms with Gasteiger partial charge in [0, 0.05) is 23.8 Å². The molecule has 1 aromatic rings. The summed E-state index contributed by atoms with van der Waals surface area (Å²) >= 11 is 0. The second-order valence-electron chi connectivity index (χ2n) is 4.85. The Bertz CT molecular complexity index is 382. The van der Waals surface area contributed by atoms with E-state index in [9.17, 15) is 4.79 Å². The molecule has 0 spiro atoms. The maximum Gasteiger partial charge on any atom is 0.159 e. The number of hydrogen-bond donors (Lipinski definition) is 0. The van der Waals surface area contributed by atoms with E-state index in [1.165, 1.54) is 31.4 Å². The third-order valence-electron chi connectivity index (χ3n) is 3.70. The molecule has 1 fully saturated rings. The normalized spacial score (nSPS) is 20.4. The van der Waals surface area contributed by atoms with Gasteiger partial charge in [-0.05, 0) is 56.9 Å². The molecule has 1 aliphatic rings. The fourth-order valence-corrected chi connectivity index (χ4v) is 2.65. The quantitative estimate of drug-likeness (QED) is 0.740. The molecular formula is C15H21NO. The van der Waals surface area contributed by atoms with Crippen molar-refractivity contribution < 1.29 is 4.79 Å². The van der Waals surface area contributed by atoms with E-state index in [2.05, 4.69) is 24.0 Å². The molecule has 1 saturated heterocycles. The van der Waals surface area contributed by atoms with E-state index in [0.717, 1.165) is 12.1 Å². The van der Waals surface area contributed by atoms with E-state index in [4.69, 9.17) is 0 Å². The van der Waals surface area contributed by atoms with Gasteiger partial charge < -0.3 is 4.90 Å². The molecule has 1 heterocycles. The van der Waals surface area contributed by atoms with Crippen molar-refractivity contribution in [1.82, 2.24) is 0 Å². The smallest absolute Gasteiger partial charge is 0.159 e. The van der Waals surface area contributed by atoms with Gasteiger partial charge in [0.1, 0.15) is 0 Å². The number of carbonyl (C=O) groups excluding carboxylic acids is 1. The van der Waals surface area contributed by atoms with Crippen molar-refractivity contribution in [2.45, 2.75) is 45.6 Å². The van der Waals surface area contributed by atoms with E-state index in [1.807, 2.05) is 12.1 Å². The molecule has 17 heavy (non-hydrogen) atoms. The molecule has 0 amide bonds. The topological polar surface area (TPSA) is 20.3 Å². The molecule has 2 rings (SSSR count). The average Bonchev–Trinajstić information content (AvgIpc) is 2.39. The largest absolute Gasteiger partial charge is 0.369 e. The van der Waals surface area contributed by atoms with Crippen molar-refractivity contribution in [1.29, 1.82) is 0 Å². The Labute approximate surface area is 104 Å². The van der Waals surface area contributed by atoms with Crippen LogP contribution < -0.4 is 4.90 Å². The summed E-state index contributed by atoms with van der Waals surface area (Å²) in [5.41, 5.74) is 2.07. The van der Waals surface area contributed by atoms with Crippen LogP contribution in [0.1, 0.15) is 49.9 Å². The van der Waals surface area contributed by atoms with Gasteiger partial charge in [0.15, 0.2) is 5.78 Å². The molecule has 1 atom stereocenters. The molecule has 2 nitrogen and oxygen atoms in total. The minimum Gasteiger partial charge on any atom is -0.369 e. The Morgan fingerprint density at radius 1 is 1.29 bits per heavy atom. The van der Waals surface area contributed by atoms with Crippen molar-refractivity contribution in [3.05, 3.63) is 29.8 Å². The Morgan fingerprint density at radius 3 is 2.59 bits per heavy atom. The fourth-order valence-electron chi connectivity index (χ4n) is 2.65. The van der Waals surface area contributed by atoms with Crippen molar-refractivity contribution in [2.75, 3.05) is 11.4 Å². The third-order valence-corrected chi connectivity index (χ3v) is 3.70. The zero-order valence-electron chi connectivity index (χ0n) is 10.8. The van der Waals surface area contributed by atoms with Crippen LogP contribution in [0.15, 0.2) is 24.3 Å². The van der Waals surface area contributed by atoms with E-state index >= 15 is 0 Å². The number of ketones is 1. The summed E-state index contributed by atoms with van der Waals surface area (Å²) in [4.78, 5) is 13.7. The summed E-state index contributed by atoms with van der Waals surface area (Å²) in [7, 11) is 0. The standard InChI is InChI=1S/C15H21NO/c1-3-14-6-4-5-11-16(14)15-9-7-13(8-10-15)12(2)17/h7-10,14H,3-6,11H2,1-2H3. The lowest BCUT2D eigenvalue weighted by molar-refractivity contribution is 0.101. The Balaban J connectivity index is 2.17. The number of anilines is 1. The molecule has 1 aromatic carbocycles. The average molecular weight is 231 g/mol. The fraction of sp³-hybridized carbons (Fsp3) is 0.533. The predicted molar refractivity (Wildman–Crippen MR) is 71.7 cm³/mol. The zero-order valence-corrected chi connectivity index (χ0v) is 10.8. The van der Waals surface area contributed by atoms with E-state index in [1.54, 1.807) is 6.92 Å². The second-order valence-corrected chi connectivity index (χ2v) is 4.85. The van der Waals surface area contributed by atoms with E-state index < -0.39 is 0 Å². The lowest BCUT2D eigenvalue weighted by atomic mass is 9.99. The summed E-state index contributed by atoms with van der Waals surface area (Å²) in [6.45, 7) is 5.02. The Hall–Kier alpha value is -1.31. The van der Waals surface area contributed by atoms with Crippen molar-refractivity contribution in [3.8, 4) is 0 Å². The first-order valence-corrected chi connectivity index (χ1v) is 6.60. The summed E-state index contributed by atoms with van der Waals surface area (Å²) < 4.78 is 0.